The maximum atomic E-state index is 11.4. The molecule has 5 heteroatoms. The van der Waals surface area contributed by atoms with Crippen LogP contribution in [0.5, 0.6) is 0 Å². The maximum absolute atomic E-state index is 11.4. The third-order valence-electron chi connectivity index (χ3n) is 2.02. The Morgan fingerprint density at radius 3 is 2.88 bits per heavy atom. The van der Waals surface area contributed by atoms with Gasteiger partial charge in [-0.3, -0.25) is 0 Å². The Morgan fingerprint density at radius 2 is 2.18 bits per heavy atom. The molecule has 1 heterocycles. The van der Waals surface area contributed by atoms with E-state index < -0.39 is 0 Å². The van der Waals surface area contributed by atoms with E-state index in [1.807, 2.05) is 30.3 Å². The number of oxazole rings is 1. The van der Waals surface area contributed by atoms with Gasteiger partial charge in [-0.15, -0.1) is 0 Å². The Hall–Kier alpha value is -1.75. The smallest absolute Gasteiger partial charge is 0.368 e. The number of benzene rings is 1. The summed E-state index contributed by atoms with van der Waals surface area (Å²) >= 11 is 1.06. The van der Waals surface area contributed by atoms with E-state index in [4.69, 9.17) is 9.15 Å². The monoisotopic (exact) mass is 249 g/mol. The molecule has 0 unspecified atom stereocenters. The van der Waals surface area contributed by atoms with Gasteiger partial charge in [-0.2, -0.15) is 0 Å². The Morgan fingerprint density at radius 1 is 1.35 bits per heavy atom. The minimum atomic E-state index is -0.315. The topological polar surface area (TPSA) is 52.3 Å². The van der Waals surface area contributed by atoms with Gasteiger partial charge in [-0.1, -0.05) is 30.3 Å². The van der Waals surface area contributed by atoms with Crippen molar-refractivity contribution in [3.05, 3.63) is 54.2 Å². The maximum Gasteiger partial charge on any atom is 0.368 e. The zero-order valence-corrected chi connectivity index (χ0v) is 9.85. The minimum Gasteiger partial charge on any atom is -0.453 e. The Bertz CT molecular complexity index is 456. The summed E-state index contributed by atoms with van der Waals surface area (Å²) < 4.78 is 10.1. The molecule has 0 radical (unpaired) electrons. The Kier molecular flexibility index (Phi) is 4.21. The number of aromatic nitrogens is 1. The SMILES string of the molecule is O=C(OCc1ccccc1)SCc1cnco1. The van der Waals surface area contributed by atoms with Crippen LogP contribution >= 0.6 is 11.8 Å². The molecule has 0 aliphatic rings. The molecule has 0 bridgehead atoms. The van der Waals surface area contributed by atoms with E-state index in [1.54, 1.807) is 6.20 Å². The molecule has 1 aromatic carbocycles. The number of thioether (sulfide) groups is 1. The van der Waals surface area contributed by atoms with Crippen molar-refractivity contribution in [2.45, 2.75) is 12.4 Å². The van der Waals surface area contributed by atoms with E-state index in [0.29, 0.717) is 18.1 Å². The van der Waals surface area contributed by atoms with Crippen LogP contribution in [0.4, 0.5) is 4.79 Å². The highest BCUT2D eigenvalue weighted by Gasteiger charge is 2.06. The van der Waals surface area contributed by atoms with E-state index in [0.717, 1.165) is 17.3 Å². The van der Waals surface area contributed by atoms with Crippen molar-refractivity contribution in [2.24, 2.45) is 0 Å². The first-order valence-corrected chi connectivity index (χ1v) is 6.04. The fourth-order valence-electron chi connectivity index (χ4n) is 1.20. The highest BCUT2D eigenvalue weighted by molar-refractivity contribution is 8.12. The van der Waals surface area contributed by atoms with Crippen LogP contribution in [0.2, 0.25) is 0 Å². The summed E-state index contributed by atoms with van der Waals surface area (Å²) in [7, 11) is 0. The van der Waals surface area contributed by atoms with E-state index in [9.17, 15) is 4.79 Å². The molecule has 0 aliphatic heterocycles. The number of nitrogens with zero attached hydrogens (tertiary/aromatic N) is 1. The van der Waals surface area contributed by atoms with Gasteiger partial charge in [0.05, 0.1) is 11.9 Å². The van der Waals surface area contributed by atoms with Crippen molar-refractivity contribution in [3.8, 4) is 0 Å². The van der Waals surface area contributed by atoms with Crippen molar-refractivity contribution >= 4 is 17.1 Å². The number of ether oxygens (including phenoxy) is 1. The Balaban J connectivity index is 1.71. The molecular weight excluding hydrogens is 238 g/mol. The van der Waals surface area contributed by atoms with Gasteiger partial charge >= 0.3 is 5.30 Å². The number of carbonyl (C=O) groups is 1. The van der Waals surface area contributed by atoms with Gasteiger partial charge in [0.1, 0.15) is 12.4 Å². The molecule has 2 rings (SSSR count). The highest BCUT2D eigenvalue weighted by atomic mass is 32.2. The molecule has 4 nitrogen and oxygen atoms in total. The second-order valence-electron chi connectivity index (χ2n) is 3.28. The lowest BCUT2D eigenvalue weighted by Gasteiger charge is -2.03. The zero-order valence-electron chi connectivity index (χ0n) is 9.04. The van der Waals surface area contributed by atoms with Crippen molar-refractivity contribution in [2.75, 3.05) is 0 Å². The zero-order chi connectivity index (χ0) is 11.9. The van der Waals surface area contributed by atoms with Crippen LogP contribution in [-0.2, 0) is 17.1 Å². The molecule has 0 amide bonds. The van der Waals surface area contributed by atoms with E-state index in [2.05, 4.69) is 4.98 Å². The van der Waals surface area contributed by atoms with Crippen LogP contribution in [0.3, 0.4) is 0 Å². The average Bonchev–Trinajstić information content (AvgIpc) is 2.88. The predicted molar refractivity (Wildman–Crippen MR) is 64.4 cm³/mol. The van der Waals surface area contributed by atoms with E-state index in [-0.39, 0.29) is 5.30 Å². The molecule has 0 fully saturated rings. The largest absolute Gasteiger partial charge is 0.453 e. The quantitative estimate of drug-likeness (QED) is 0.778. The first-order valence-electron chi connectivity index (χ1n) is 5.05. The number of hydrogen-bond donors (Lipinski definition) is 0. The van der Waals surface area contributed by atoms with Crippen LogP contribution in [0.1, 0.15) is 11.3 Å². The summed E-state index contributed by atoms with van der Waals surface area (Å²) in [5.41, 5.74) is 0.973. The molecule has 2 aromatic rings. The fraction of sp³-hybridized carbons (Fsp3) is 0.167. The summed E-state index contributed by atoms with van der Waals surface area (Å²) in [6.07, 6.45) is 2.92. The molecule has 0 aliphatic carbocycles. The first kappa shape index (κ1) is 11.7. The van der Waals surface area contributed by atoms with Crippen LogP contribution in [0.15, 0.2) is 47.3 Å². The lowest BCUT2D eigenvalue weighted by atomic mass is 10.2. The van der Waals surface area contributed by atoms with Gasteiger partial charge in [0.25, 0.3) is 0 Å². The number of carbonyl (C=O) groups excluding carboxylic acids is 1. The molecule has 88 valence electrons. The van der Waals surface area contributed by atoms with E-state index in [1.165, 1.54) is 6.39 Å². The third-order valence-corrected chi connectivity index (χ3v) is 2.80. The van der Waals surface area contributed by atoms with Gasteiger partial charge in [0.15, 0.2) is 6.39 Å². The summed E-state index contributed by atoms with van der Waals surface area (Å²) in [4.78, 5) is 15.2. The lowest BCUT2D eigenvalue weighted by molar-refractivity contribution is 0.168. The third kappa shape index (κ3) is 3.96. The summed E-state index contributed by atoms with van der Waals surface area (Å²) in [5, 5.41) is -0.315. The molecule has 1 aromatic heterocycles. The predicted octanol–water partition coefficient (Wildman–Crippen LogP) is 3.24. The molecule has 0 saturated heterocycles. The van der Waals surface area contributed by atoms with Crippen LogP contribution in [-0.4, -0.2) is 10.3 Å². The molecule has 0 spiro atoms. The first-order chi connectivity index (χ1) is 8.34. The summed E-state index contributed by atoms with van der Waals surface area (Å²) in [6, 6.07) is 9.56. The van der Waals surface area contributed by atoms with Crippen molar-refractivity contribution in [1.82, 2.24) is 4.98 Å². The van der Waals surface area contributed by atoms with Crippen LogP contribution in [0, 0.1) is 0 Å². The minimum absolute atomic E-state index is 0.295. The van der Waals surface area contributed by atoms with Gasteiger partial charge in [0.2, 0.25) is 0 Å². The lowest BCUT2D eigenvalue weighted by Crippen LogP contribution is -1.98. The van der Waals surface area contributed by atoms with Gasteiger partial charge in [0, 0.05) is 0 Å². The second-order valence-corrected chi connectivity index (χ2v) is 4.19. The van der Waals surface area contributed by atoms with E-state index >= 15 is 0 Å². The number of hydrogen-bond acceptors (Lipinski definition) is 5. The molecule has 0 saturated carbocycles. The fourth-order valence-corrected chi connectivity index (χ4v) is 1.75. The van der Waals surface area contributed by atoms with Gasteiger partial charge < -0.3 is 9.15 Å². The normalized spacial score (nSPS) is 10.1. The summed E-state index contributed by atoms with van der Waals surface area (Å²) in [6.45, 7) is 0.295. The van der Waals surface area contributed by atoms with Crippen LogP contribution in [0.25, 0.3) is 0 Å². The van der Waals surface area contributed by atoms with Gasteiger partial charge in [-0.05, 0) is 17.3 Å². The highest BCUT2D eigenvalue weighted by Crippen LogP contribution is 2.15. The van der Waals surface area contributed by atoms with Gasteiger partial charge in [-0.25, -0.2) is 9.78 Å². The molecule has 0 atom stereocenters. The average molecular weight is 249 g/mol. The molecule has 17 heavy (non-hydrogen) atoms. The molecular formula is C12H11NO3S. The molecule has 0 N–H and O–H groups in total. The number of rotatable bonds is 4. The van der Waals surface area contributed by atoms with Crippen molar-refractivity contribution < 1.29 is 13.9 Å². The standard InChI is InChI=1S/C12H11NO3S/c14-12(17-8-11-6-13-9-16-11)15-7-10-4-2-1-3-5-10/h1-6,9H,7-8H2. The summed E-state index contributed by atoms with van der Waals surface area (Å²) in [5.74, 6) is 1.10. The van der Waals surface area contributed by atoms with Crippen molar-refractivity contribution in [3.63, 3.8) is 0 Å². The second kappa shape index (κ2) is 6.10. The Labute approximate surface area is 103 Å². The van der Waals surface area contributed by atoms with Crippen LogP contribution < -0.4 is 0 Å². The van der Waals surface area contributed by atoms with Crippen molar-refractivity contribution in [1.29, 1.82) is 0 Å².